The lowest BCUT2D eigenvalue weighted by molar-refractivity contribution is 0.0730. The molecule has 162 valence electrons. The zero-order valence-corrected chi connectivity index (χ0v) is 17.6. The van der Waals surface area contributed by atoms with E-state index in [1.54, 1.807) is 37.3 Å². The summed E-state index contributed by atoms with van der Waals surface area (Å²) in [5.74, 6) is -0.819. The zero-order chi connectivity index (χ0) is 22.0. The number of amides is 1. The van der Waals surface area contributed by atoms with Crippen molar-refractivity contribution >= 4 is 21.6 Å². The predicted molar refractivity (Wildman–Crippen MR) is 113 cm³/mol. The van der Waals surface area contributed by atoms with Crippen LogP contribution >= 0.6 is 0 Å². The normalized spacial score (nSPS) is 15.0. The first-order valence-corrected chi connectivity index (χ1v) is 11.1. The van der Waals surface area contributed by atoms with Crippen molar-refractivity contribution in [1.82, 2.24) is 4.31 Å². The number of nitrogens with one attached hydrogen (secondary N) is 1. The molecule has 9 heteroatoms. The highest BCUT2D eigenvalue weighted by Crippen LogP contribution is 2.27. The number of ether oxygens (including phenoxy) is 1. The van der Waals surface area contributed by atoms with Gasteiger partial charge in [0, 0.05) is 18.8 Å². The summed E-state index contributed by atoms with van der Waals surface area (Å²) in [4.78, 5) is 12.7. The van der Waals surface area contributed by atoms with Gasteiger partial charge in [-0.15, -0.1) is 0 Å². The lowest BCUT2D eigenvalue weighted by Gasteiger charge is -2.26. The summed E-state index contributed by atoms with van der Waals surface area (Å²) in [6, 6.07) is 13.7. The number of hydrogen-bond acceptors (Lipinski definition) is 5. The van der Waals surface area contributed by atoms with E-state index < -0.39 is 21.7 Å². The Morgan fingerprint density at radius 1 is 1.06 bits per heavy atom. The molecular weight excluding hydrogens is 423 g/mol. The molecule has 1 N–H and O–H groups in total. The van der Waals surface area contributed by atoms with E-state index in [1.807, 2.05) is 0 Å². The molecule has 0 spiro atoms. The average molecular weight is 444 g/mol. The summed E-state index contributed by atoms with van der Waals surface area (Å²) in [5, 5.41) is 2.65. The number of nitrogens with zero attached hydrogens (tertiary/aromatic N) is 1. The minimum Gasteiger partial charge on any atom is -0.451 e. The number of anilines is 1. The fourth-order valence-electron chi connectivity index (χ4n) is 3.34. The van der Waals surface area contributed by atoms with Crippen molar-refractivity contribution in [3.63, 3.8) is 0 Å². The Bertz CT molecular complexity index is 1220. The summed E-state index contributed by atoms with van der Waals surface area (Å²) in [5.41, 5.74) is 1.13. The summed E-state index contributed by atoms with van der Waals surface area (Å²) >= 11 is 0. The van der Waals surface area contributed by atoms with Crippen molar-refractivity contribution in [2.45, 2.75) is 11.8 Å². The maximum absolute atomic E-state index is 14.0. The number of furan rings is 1. The van der Waals surface area contributed by atoms with E-state index in [1.165, 1.54) is 28.6 Å². The van der Waals surface area contributed by atoms with Gasteiger partial charge in [0.1, 0.15) is 11.6 Å². The van der Waals surface area contributed by atoms with E-state index in [9.17, 15) is 17.6 Å². The quantitative estimate of drug-likeness (QED) is 0.649. The monoisotopic (exact) mass is 444 g/mol. The van der Waals surface area contributed by atoms with Gasteiger partial charge in [-0.05, 0) is 48.9 Å². The van der Waals surface area contributed by atoms with Crippen molar-refractivity contribution in [2.24, 2.45) is 0 Å². The van der Waals surface area contributed by atoms with Crippen molar-refractivity contribution in [1.29, 1.82) is 0 Å². The Morgan fingerprint density at radius 2 is 1.81 bits per heavy atom. The standard InChI is InChI=1S/C22H21FN2O5S/c1-15-6-7-16(14-21(15)31(27,28)25-10-12-29-13-11-25)24-22(26)20-9-8-19(30-20)17-4-2-3-5-18(17)23/h2-9,14H,10-13H2,1H3,(H,24,26). The molecule has 0 saturated carbocycles. The Kier molecular flexibility index (Phi) is 5.90. The second-order valence-electron chi connectivity index (χ2n) is 7.09. The van der Waals surface area contributed by atoms with Crippen molar-refractivity contribution in [2.75, 3.05) is 31.6 Å². The Labute approximate surface area is 179 Å². The maximum Gasteiger partial charge on any atom is 0.291 e. The molecule has 7 nitrogen and oxygen atoms in total. The van der Waals surface area contributed by atoms with Gasteiger partial charge in [-0.3, -0.25) is 4.79 Å². The summed E-state index contributed by atoms with van der Waals surface area (Å²) in [6.07, 6.45) is 0. The molecule has 0 unspecified atom stereocenters. The molecule has 4 rings (SSSR count). The lowest BCUT2D eigenvalue weighted by Crippen LogP contribution is -2.40. The van der Waals surface area contributed by atoms with Crippen LogP contribution in [0, 0.1) is 12.7 Å². The molecule has 1 saturated heterocycles. The van der Waals surface area contributed by atoms with Gasteiger partial charge in [0.05, 0.1) is 23.7 Å². The number of carbonyl (C=O) groups is 1. The smallest absolute Gasteiger partial charge is 0.291 e. The highest BCUT2D eigenvalue weighted by atomic mass is 32.2. The summed E-state index contributed by atoms with van der Waals surface area (Å²) in [7, 11) is -3.72. The van der Waals surface area contributed by atoms with Gasteiger partial charge in [0.25, 0.3) is 5.91 Å². The van der Waals surface area contributed by atoms with Crippen molar-refractivity contribution < 1.29 is 26.8 Å². The number of rotatable bonds is 5. The molecule has 1 fully saturated rings. The number of carbonyl (C=O) groups excluding carboxylic acids is 1. The van der Waals surface area contributed by atoms with E-state index in [4.69, 9.17) is 9.15 Å². The van der Waals surface area contributed by atoms with Crippen LogP contribution in [0.15, 0.2) is 63.9 Å². The average Bonchev–Trinajstić information content (AvgIpc) is 3.26. The molecule has 31 heavy (non-hydrogen) atoms. The van der Waals surface area contributed by atoms with Crippen LogP contribution in [0.4, 0.5) is 10.1 Å². The van der Waals surface area contributed by atoms with Crippen LogP contribution < -0.4 is 5.32 Å². The van der Waals surface area contributed by atoms with Gasteiger partial charge in [-0.2, -0.15) is 4.31 Å². The number of halogens is 1. The van der Waals surface area contributed by atoms with E-state index in [0.29, 0.717) is 24.5 Å². The van der Waals surface area contributed by atoms with Crippen LogP contribution in [0.3, 0.4) is 0 Å². The molecule has 0 atom stereocenters. The molecule has 1 aliphatic heterocycles. The SMILES string of the molecule is Cc1ccc(NC(=O)c2ccc(-c3ccccc3F)o2)cc1S(=O)(=O)N1CCOCC1. The number of aryl methyl sites for hydroxylation is 1. The third-order valence-corrected chi connectivity index (χ3v) is 7.04. The maximum atomic E-state index is 14.0. The molecule has 3 aromatic rings. The van der Waals surface area contributed by atoms with Crippen molar-refractivity contribution in [3.05, 3.63) is 71.7 Å². The first-order valence-electron chi connectivity index (χ1n) is 9.71. The van der Waals surface area contributed by atoms with Gasteiger partial charge in [-0.25, -0.2) is 12.8 Å². The highest BCUT2D eigenvalue weighted by Gasteiger charge is 2.28. The van der Waals surface area contributed by atoms with E-state index in [-0.39, 0.29) is 35.1 Å². The number of sulfonamides is 1. The molecule has 1 aliphatic rings. The first-order chi connectivity index (χ1) is 14.9. The van der Waals surface area contributed by atoms with Gasteiger partial charge < -0.3 is 14.5 Å². The second kappa shape index (κ2) is 8.62. The molecule has 0 radical (unpaired) electrons. The zero-order valence-electron chi connectivity index (χ0n) is 16.8. The van der Waals surface area contributed by atoms with Crippen LogP contribution in [0.2, 0.25) is 0 Å². The van der Waals surface area contributed by atoms with Crippen LogP contribution in [-0.4, -0.2) is 44.9 Å². The molecule has 2 heterocycles. The number of hydrogen-bond donors (Lipinski definition) is 1. The van der Waals surface area contributed by atoms with E-state index >= 15 is 0 Å². The second-order valence-corrected chi connectivity index (χ2v) is 9.00. The largest absolute Gasteiger partial charge is 0.451 e. The van der Waals surface area contributed by atoms with E-state index in [2.05, 4.69) is 5.32 Å². The van der Waals surface area contributed by atoms with Gasteiger partial charge in [0.15, 0.2) is 5.76 Å². The first kappa shape index (κ1) is 21.2. The Morgan fingerprint density at radius 3 is 2.55 bits per heavy atom. The van der Waals surface area contributed by atoms with Gasteiger partial charge >= 0.3 is 0 Å². The van der Waals surface area contributed by atoms with Crippen LogP contribution in [0.1, 0.15) is 16.1 Å². The highest BCUT2D eigenvalue weighted by molar-refractivity contribution is 7.89. The lowest BCUT2D eigenvalue weighted by atomic mass is 10.1. The third kappa shape index (κ3) is 4.39. The van der Waals surface area contributed by atoms with Gasteiger partial charge in [-0.1, -0.05) is 18.2 Å². The minimum absolute atomic E-state index is 0.0172. The Hall–Kier alpha value is -3.01. The molecule has 0 aliphatic carbocycles. The molecule has 0 bridgehead atoms. The Balaban J connectivity index is 1.56. The predicted octanol–water partition coefficient (Wildman–Crippen LogP) is 3.67. The molecule has 1 amide bonds. The van der Waals surface area contributed by atoms with E-state index in [0.717, 1.165) is 0 Å². The van der Waals surface area contributed by atoms with Crippen LogP contribution in [0.25, 0.3) is 11.3 Å². The van der Waals surface area contributed by atoms with Gasteiger partial charge in [0.2, 0.25) is 10.0 Å². The van der Waals surface area contributed by atoms with Crippen LogP contribution in [0.5, 0.6) is 0 Å². The summed E-state index contributed by atoms with van der Waals surface area (Å²) in [6.45, 7) is 2.95. The number of benzene rings is 2. The fraction of sp³-hybridized carbons (Fsp3) is 0.227. The van der Waals surface area contributed by atoms with Crippen molar-refractivity contribution in [3.8, 4) is 11.3 Å². The third-order valence-electron chi connectivity index (χ3n) is 5.00. The fourth-order valence-corrected chi connectivity index (χ4v) is 5.00. The van der Waals surface area contributed by atoms with Crippen LogP contribution in [-0.2, 0) is 14.8 Å². The topological polar surface area (TPSA) is 88.8 Å². The number of morpholine rings is 1. The molecular formula is C22H21FN2O5S. The summed E-state index contributed by atoms with van der Waals surface area (Å²) < 4.78 is 52.1. The molecule has 1 aromatic heterocycles. The molecule has 2 aromatic carbocycles. The minimum atomic E-state index is -3.72.